The minimum absolute atomic E-state index is 0.0682. The first-order valence-electron chi connectivity index (χ1n) is 54.6. The van der Waals surface area contributed by atoms with Gasteiger partial charge in [0.05, 0.1) is 79.4 Å². The van der Waals surface area contributed by atoms with Gasteiger partial charge in [0.25, 0.3) is 0 Å². The lowest BCUT2D eigenvalue weighted by molar-refractivity contribution is -0.163. The highest BCUT2D eigenvalue weighted by molar-refractivity contribution is 5.19. The summed E-state index contributed by atoms with van der Waals surface area (Å²) in [5, 5.41) is 150. The first kappa shape index (κ1) is 104. The topological polar surface area (TPSA) is 283 Å². The van der Waals surface area contributed by atoms with Gasteiger partial charge in [0.15, 0.2) is 0 Å². The van der Waals surface area contributed by atoms with E-state index >= 15 is 0 Å². The van der Waals surface area contributed by atoms with Gasteiger partial charge in [-0.25, -0.2) is 0 Å². The van der Waals surface area contributed by atoms with Crippen LogP contribution < -0.4 is 0 Å². The highest BCUT2D eigenvalue weighted by atomic mass is 16.3. The molecule has 0 heterocycles. The predicted molar refractivity (Wildman–Crippen MR) is 513 cm³/mol. The third-order valence-electron chi connectivity index (χ3n) is 47.1. The van der Waals surface area contributed by atoms with Crippen LogP contribution in [0.3, 0.4) is 0 Å². The summed E-state index contributed by atoms with van der Waals surface area (Å²) in [5.74, 6) is 15.4. The van der Waals surface area contributed by atoms with Gasteiger partial charge in [-0.2, -0.15) is 0 Å². The molecule has 0 aromatic carbocycles. The molecule has 14 nitrogen and oxygen atoms in total. The average Bonchev–Trinajstić information content (AvgIpc) is 1.68. The van der Waals surface area contributed by atoms with E-state index in [0.29, 0.717) is 122 Å². The van der Waals surface area contributed by atoms with E-state index in [-0.39, 0.29) is 81.2 Å². The smallest absolute Gasteiger partial charge is 0.101 e. The van der Waals surface area contributed by atoms with Gasteiger partial charge < -0.3 is 71.5 Å². The zero-order chi connectivity index (χ0) is 93.3. The third-order valence-corrected chi connectivity index (χ3v) is 47.1. The fourth-order valence-electron chi connectivity index (χ4n) is 38.0. The molecule has 16 fully saturated rings. The van der Waals surface area contributed by atoms with Crippen LogP contribution >= 0.6 is 0 Å². The lowest BCUT2D eigenvalue weighted by atomic mass is 9.44. The van der Waals surface area contributed by atoms with Crippen molar-refractivity contribution in [2.24, 2.45) is 227 Å². The number of aliphatic hydroxyl groups excluding tert-OH is 14. The van der Waals surface area contributed by atoms with Crippen molar-refractivity contribution in [1.82, 2.24) is 0 Å². The quantitative estimate of drug-likeness (QED) is 0.0505. The Bertz CT molecular complexity index is 3460. The molecule has 0 aromatic rings. The van der Waals surface area contributed by atoms with Crippen LogP contribution in [0, 0.1) is 227 Å². The van der Waals surface area contributed by atoms with Crippen LogP contribution in [-0.4, -0.2) is 157 Å². The van der Waals surface area contributed by atoms with Crippen molar-refractivity contribution in [3.63, 3.8) is 0 Å². The maximum absolute atomic E-state index is 11.2. The standard InChI is InChI=1S/C29H50O4.C28H50O4.2C28H50O3/c1-7-19(16(2)3)27(33)26(32)17(4)21-10-11-22-20-9-8-18-14-24(30)25(31)15-29(18,6)23(20)12-13-28(21,22)5;1-15(2)16(3)25(31)26(32)17(4)20-9-10-21-19-8-7-18-13-23(29)24(30)14-28(18,6)22(19)11-12-27(20,21)5;2*1-16(2)17(3)25(30)26(31)18(4)22-9-10-23-21-8-7-19-15-20(29)11-13-27(19,5)24(21)12-14-28(22,23)6/h7,16-18,20-27,30-33H,8-15H2,1-6H3;15-26,29-32H,7-14H2,1-6H3;2*16-26,29-31H,7-15H2,1-6H3/b19-7+;;;/t17-,18?,20?,21+,22?,23?,24-,25+,26+,27+,28+,29-;16-,17-,18?,19?,20+,21?,22?,23+,24+,25+,26+,27+,28-;17-,18-,19?,20+,21?,22+,23?,24?,25+,26+,27-,28+;17-,18-,19?,20-,21?,22+,23?,24?,25+,26+,27-,28+/m0000/s1. The molecule has 0 aliphatic heterocycles. The van der Waals surface area contributed by atoms with Crippen LogP contribution in [-0.2, 0) is 0 Å². The van der Waals surface area contributed by atoms with Crippen LogP contribution in [0.1, 0.15) is 384 Å². The molecule has 0 aromatic heterocycles. The Morgan fingerprint density at radius 1 is 0.252 bits per heavy atom. The first-order valence-corrected chi connectivity index (χ1v) is 54.6. The molecule has 0 radical (unpaired) electrons. The number of aliphatic hydroxyl groups is 14. The summed E-state index contributed by atoms with van der Waals surface area (Å²) in [6.45, 7) is 53.9. The number of hydrogen-bond donors (Lipinski definition) is 14. The highest BCUT2D eigenvalue weighted by Crippen LogP contribution is 2.74. The lowest BCUT2D eigenvalue weighted by Crippen LogP contribution is -2.57. The fourth-order valence-corrected chi connectivity index (χ4v) is 38.0. The van der Waals surface area contributed by atoms with Gasteiger partial charge in [-0.15, -0.1) is 0 Å². The Kier molecular flexibility index (Phi) is 32.5. The molecule has 16 rings (SSSR count). The summed E-state index contributed by atoms with van der Waals surface area (Å²) < 4.78 is 0. The molecular weight excluding hydrogens is 1580 g/mol. The second-order valence-corrected chi connectivity index (χ2v) is 53.1. The van der Waals surface area contributed by atoms with Gasteiger partial charge in [-0.3, -0.25) is 0 Å². The molecule has 736 valence electrons. The Balaban J connectivity index is 0.000000145. The molecule has 16 aliphatic carbocycles. The van der Waals surface area contributed by atoms with E-state index < -0.39 is 73.2 Å². The highest BCUT2D eigenvalue weighted by Gasteiger charge is 2.68. The monoisotopic (exact) mass is 1780 g/mol. The summed E-state index contributed by atoms with van der Waals surface area (Å²) >= 11 is 0. The van der Waals surface area contributed by atoms with E-state index in [4.69, 9.17) is 0 Å². The Morgan fingerprint density at radius 3 is 0.740 bits per heavy atom. The van der Waals surface area contributed by atoms with Crippen molar-refractivity contribution in [2.45, 2.75) is 470 Å². The molecule has 127 heavy (non-hydrogen) atoms. The van der Waals surface area contributed by atoms with Gasteiger partial charge in [0, 0.05) is 0 Å². The summed E-state index contributed by atoms with van der Waals surface area (Å²) in [6.07, 6.45) is 33.7. The van der Waals surface area contributed by atoms with E-state index in [0.717, 1.165) is 105 Å². The molecule has 16 aliphatic rings. The maximum atomic E-state index is 11.2. The van der Waals surface area contributed by atoms with Crippen molar-refractivity contribution < 1.29 is 71.5 Å². The van der Waals surface area contributed by atoms with Gasteiger partial charge >= 0.3 is 0 Å². The molecule has 14 N–H and O–H groups in total. The Hall–Kier alpha value is -0.820. The van der Waals surface area contributed by atoms with Gasteiger partial charge in [-0.05, 0) is 458 Å². The number of allylic oxidation sites excluding steroid dienone is 1. The van der Waals surface area contributed by atoms with Gasteiger partial charge in [-0.1, -0.05) is 165 Å². The largest absolute Gasteiger partial charge is 0.393 e. The SMILES string of the molecule is C/C=C(\C(C)C)[C@@H](O)[C@H](O)[C@@H](C)[C@H]1CCC2C3CCC4C[C@H](O)[C@H](O)C[C@]4(C)C3CC[C@@]21C.CC(C)[C@H](C)[C@@H](O)[C@H](O)[C@@H](C)[C@H]1CCC2C3CCC4C[C@@H](O)CC[C@]4(C)C3CC[C@@]21C.CC(C)[C@H](C)[C@@H](O)[C@H](O)[C@@H](C)[C@H]1CCC2C3CCC4C[C@@H](O)[C@H](O)C[C@]4(C)C3CC[C@@]21C.CC(C)[C@H](C)[C@@H](O)[C@H](O)[C@@H](C)[C@H]1CCC2C3CCC4C[C@H](O)CC[C@]4(C)C3CC[C@@]21C. The third kappa shape index (κ3) is 18.6. The van der Waals surface area contributed by atoms with Crippen molar-refractivity contribution in [3.05, 3.63) is 11.6 Å². The van der Waals surface area contributed by atoms with E-state index in [1.165, 1.54) is 154 Å². The van der Waals surface area contributed by atoms with E-state index in [2.05, 4.69) is 159 Å². The van der Waals surface area contributed by atoms with Crippen molar-refractivity contribution in [2.75, 3.05) is 0 Å². The summed E-state index contributed by atoms with van der Waals surface area (Å²) in [6, 6.07) is 0. The molecule has 49 atom stereocenters. The molecule has 16 saturated carbocycles. The van der Waals surface area contributed by atoms with Gasteiger partial charge in [0.1, 0.15) is 6.10 Å². The summed E-state index contributed by atoms with van der Waals surface area (Å²) in [5.41, 5.74) is 3.14. The Labute approximate surface area is 775 Å². The molecule has 0 bridgehead atoms. The van der Waals surface area contributed by atoms with E-state index in [9.17, 15) is 71.5 Å². The van der Waals surface area contributed by atoms with Crippen LogP contribution in [0.25, 0.3) is 0 Å². The van der Waals surface area contributed by atoms with Crippen LogP contribution in [0.5, 0.6) is 0 Å². The lowest BCUT2D eigenvalue weighted by Gasteiger charge is -2.61. The minimum Gasteiger partial charge on any atom is -0.393 e. The molecular formula is C113H200O14. The summed E-state index contributed by atoms with van der Waals surface area (Å²) in [4.78, 5) is 0. The zero-order valence-corrected chi connectivity index (χ0v) is 85.4. The first-order chi connectivity index (χ1) is 59.4. The predicted octanol–water partition coefficient (Wildman–Crippen LogP) is 20.9. The van der Waals surface area contributed by atoms with Crippen LogP contribution in [0.15, 0.2) is 11.6 Å². The minimum atomic E-state index is -0.784. The van der Waals surface area contributed by atoms with Crippen molar-refractivity contribution in [3.8, 4) is 0 Å². The summed E-state index contributed by atoms with van der Waals surface area (Å²) in [7, 11) is 0. The Morgan fingerprint density at radius 2 is 0.488 bits per heavy atom. The number of hydrogen-bond acceptors (Lipinski definition) is 14. The normalized spacial score (nSPS) is 49.2. The van der Waals surface area contributed by atoms with Crippen molar-refractivity contribution >= 4 is 0 Å². The van der Waals surface area contributed by atoms with Crippen LogP contribution in [0.4, 0.5) is 0 Å². The van der Waals surface area contributed by atoms with E-state index in [1.54, 1.807) is 0 Å². The number of fused-ring (bicyclic) bond motifs is 20. The molecule has 14 heteroatoms. The molecule has 0 saturated heterocycles. The number of rotatable bonds is 20. The van der Waals surface area contributed by atoms with Crippen LogP contribution in [0.2, 0.25) is 0 Å². The van der Waals surface area contributed by atoms with Crippen molar-refractivity contribution in [1.29, 1.82) is 0 Å². The van der Waals surface area contributed by atoms with E-state index in [1.807, 2.05) is 13.0 Å². The molecule has 0 amide bonds. The molecule has 0 spiro atoms. The second-order valence-electron chi connectivity index (χ2n) is 53.1. The second kappa shape index (κ2) is 39.8. The molecule has 16 unspecified atom stereocenters. The maximum Gasteiger partial charge on any atom is 0.101 e. The fraction of sp³-hybridized carbons (Fsp3) is 0.982. The average molecular weight is 1780 g/mol. The zero-order valence-electron chi connectivity index (χ0n) is 85.4. The van der Waals surface area contributed by atoms with Gasteiger partial charge in [0.2, 0.25) is 0 Å².